The van der Waals surface area contributed by atoms with Crippen LogP contribution in [0.4, 0.5) is 0 Å². The Balaban J connectivity index is 2.69. The number of nitrogens with one attached hydrogen (secondary N) is 1. The van der Waals surface area contributed by atoms with Crippen LogP contribution in [0.1, 0.15) is 48.0 Å². The molecule has 1 amide bonds. The van der Waals surface area contributed by atoms with E-state index < -0.39 is 14.4 Å². The molecule has 1 heterocycles. The summed E-state index contributed by atoms with van der Waals surface area (Å²) in [5, 5.41) is 13.1. The standard InChI is InChI=1S/C15H31NO3Si/c1-10(2)20(11(3)4,12(5)6)19-9-14(17)13-7-15(18)16-8-13/h10-14,17H,7-9H2,1-6H3,(H,16,18)/t13?,14-/m0/s1. The average molecular weight is 302 g/mol. The van der Waals surface area contributed by atoms with Gasteiger partial charge in [-0.1, -0.05) is 41.5 Å². The quantitative estimate of drug-likeness (QED) is 0.711. The molecular weight excluding hydrogens is 270 g/mol. The number of hydrogen-bond donors (Lipinski definition) is 2. The Kier molecular flexibility index (Phi) is 6.22. The van der Waals surface area contributed by atoms with Crippen molar-refractivity contribution >= 4 is 14.2 Å². The number of aliphatic hydroxyl groups excluding tert-OH is 1. The molecule has 2 N–H and O–H groups in total. The van der Waals surface area contributed by atoms with Crippen molar-refractivity contribution in [1.82, 2.24) is 5.32 Å². The van der Waals surface area contributed by atoms with Gasteiger partial charge in [-0.15, -0.1) is 0 Å². The summed E-state index contributed by atoms with van der Waals surface area (Å²) in [6, 6.07) is 0. The molecule has 0 saturated carbocycles. The predicted octanol–water partition coefficient (Wildman–Crippen LogP) is 2.68. The molecule has 1 fully saturated rings. The zero-order chi connectivity index (χ0) is 15.5. The normalized spacial score (nSPS) is 21.9. The fourth-order valence-corrected chi connectivity index (χ4v) is 9.22. The maximum atomic E-state index is 11.2. The summed E-state index contributed by atoms with van der Waals surface area (Å²) in [6.45, 7) is 14.3. The van der Waals surface area contributed by atoms with Crippen LogP contribution in [-0.2, 0) is 9.22 Å². The highest BCUT2D eigenvalue weighted by atomic mass is 28.4. The van der Waals surface area contributed by atoms with E-state index in [4.69, 9.17) is 4.43 Å². The van der Waals surface area contributed by atoms with Gasteiger partial charge in [-0.05, 0) is 16.6 Å². The van der Waals surface area contributed by atoms with Gasteiger partial charge in [0.15, 0.2) is 8.32 Å². The van der Waals surface area contributed by atoms with Gasteiger partial charge in [0.1, 0.15) is 0 Å². The first kappa shape index (κ1) is 17.7. The molecule has 0 radical (unpaired) electrons. The second-order valence-corrected chi connectivity index (χ2v) is 12.4. The van der Waals surface area contributed by atoms with E-state index in [9.17, 15) is 9.90 Å². The Labute approximate surface area is 124 Å². The zero-order valence-electron chi connectivity index (χ0n) is 13.8. The van der Waals surface area contributed by atoms with Crippen molar-refractivity contribution in [3.8, 4) is 0 Å². The SMILES string of the molecule is CC(C)[Si](OC[C@H](O)C1CNC(=O)C1)(C(C)C)C(C)C. The number of carbonyl (C=O) groups excluding carboxylic acids is 1. The summed E-state index contributed by atoms with van der Waals surface area (Å²) in [5.74, 6) is 0.0369. The van der Waals surface area contributed by atoms with Crippen LogP contribution in [-0.4, -0.2) is 38.6 Å². The van der Waals surface area contributed by atoms with Gasteiger partial charge in [0.2, 0.25) is 5.91 Å². The molecule has 0 aromatic carbocycles. The summed E-state index contributed by atoms with van der Waals surface area (Å²) in [7, 11) is -1.92. The van der Waals surface area contributed by atoms with Crippen LogP contribution in [0.3, 0.4) is 0 Å². The molecular formula is C15H31NO3Si. The molecule has 0 bridgehead atoms. The van der Waals surface area contributed by atoms with Crippen molar-refractivity contribution in [2.45, 2.75) is 70.7 Å². The van der Waals surface area contributed by atoms with Crippen molar-refractivity contribution in [1.29, 1.82) is 0 Å². The lowest BCUT2D eigenvalue weighted by atomic mass is 10.0. The van der Waals surface area contributed by atoms with E-state index in [0.717, 1.165) is 0 Å². The minimum Gasteiger partial charge on any atom is -0.413 e. The second kappa shape index (κ2) is 7.05. The first-order chi connectivity index (χ1) is 9.21. The molecule has 2 atom stereocenters. The third-order valence-electron chi connectivity index (χ3n) is 4.76. The first-order valence-corrected chi connectivity index (χ1v) is 9.94. The molecule has 118 valence electrons. The number of aliphatic hydroxyl groups is 1. The molecule has 0 spiro atoms. The van der Waals surface area contributed by atoms with Crippen molar-refractivity contribution < 1.29 is 14.3 Å². The monoisotopic (exact) mass is 301 g/mol. The van der Waals surface area contributed by atoms with Crippen LogP contribution in [0.25, 0.3) is 0 Å². The van der Waals surface area contributed by atoms with E-state index in [0.29, 0.717) is 36.2 Å². The lowest BCUT2D eigenvalue weighted by molar-refractivity contribution is -0.119. The topological polar surface area (TPSA) is 58.6 Å². The van der Waals surface area contributed by atoms with Crippen LogP contribution < -0.4 is 5.32 Å². The highest BCUT2D eigenvalue weighted by molar-refractivity contribution is 6.77. The second-order valence-electron chi connectivity index (χ2n) is 6.96. The summed E-state index contributed by atoms with van der Waals surface area (Å²) < 4.78 is 6.37. The molecule has 20 heavy (non-hydrogen) atoms. The molecule has 1 unspecified atom stereocenters. The van der Waals surface area contributed by atoms with Gasteiger partial charge in [0.05, 0.1) is 12.7 Å². The minimum atomic E-state index is -1.92. The average Bonchev–Trinajstić information content (AvgIpc) is 2.75. The number of rotatable bonds is 7. The van der Waals surface area contributed by atoms with Gasteiger partial charge in [0.25, 0.3) is 0 Å². The summed E-state index contributed by atoms with van der Waals surface area (Å²) in [6.07, 6.45) is -0.124. The van der Waals surface area contributed by atoms with E-state index >= 15 is 0 Å². The number of hydrogen-bond acceptors (Lipinski definition) is 3. The Hall–Kier alpha value is -0.393. The molecule has 1 rings (SSSR count). The molecule has 1 aliphatic heterocycles. The third-order valence-corrected chi connectivity index (χ3v) is 10.8. The zero-order valence-corrected chi connectivity index (χ0v) is 14.8. The van der Waals surface area contributed by atoms with Gasteiger partial charge in [0, 0.05) is 18.9 Å². The summed E-state index contributed by atoms with van der Waals surface area (Å²) in [4.78, 5) is 11.2. The fourth-order valence-electron chi connectivity index (χ4n) is 3.77. The number of amides is 1. The van der Waals surface area contributed by atoms with Gasteiger partial charge in [-0.25, -0.2) is 0 Å². The highest BCUT2D eigenvalue weighted by Crippen LogP contribution is 2.42. The van der Waals surface area contributed by atoms with Gasteiger partial charge in [-0.3, -0.25) is 4.79 Å². The first-order valence-electron chi connectivity index (χ1n) is 7.80. The predicted molar refractivity (Wildman–Crippen MR) is 84.1 cm³/mol. The Bertz CT molecular complexity index is 309. The smallest absolute Gasteiger partial charge is 0.220 e. The van der Waals surface area contributed by atoms with E-state index in [2.05, 4.69) is 46.9 Å². The van der Waals surface area contributed by atoms with Crippen LogP contribution in [0.15, 0.2) is 0 Å². The van der Waals surface area contributed by atoms with Crippen LogP contribution >= 0.6 is 0 Å². The molecule has 0 aliphatic carbocycles. The van der Waals surface area contributed by atoms with Crippen molar-refractivity contribution in [2.75, 3.05) is 13.2 Å². The van der Waals surface area contributed by atoms with Crippen molar-refractivity contribution in [3.63, 3.8) is 0 Å². The van der Waals surface area contributed by atoms with Crippen LogP contribution in [0, 0.1) is 5.92 Å². The Morgan fingerprint density at radius 3 is 2.05 bits per heavy atom. The molecule has 4 nitrogen and oxygen atoms in total. The van der Waals surface area contributed by atoms with Gasteiger partial charge in [-0.2, -0.15) is 0 Å². The fraction of sp³-hybridized carbons (Fsp3) is 0.933. The Morgan fingerprint density at radius 2 is 1.70 bits per heavy atom. The van der Waals surface area contributed by atoms with E-state index in [1.807, 2.05) is 0 Å². The van der Waals surface area contributed by atoms with E-state index in [1.54, 1.807) is 0 Å². The van der Waals surface area contributed by atoms with Crippen molar-refractivity contribution in [2.24, 2.45) is 5.92 Å². The minimum absolute atomic E-state index is 0.000636. The lowest BCUT2D eigenvalue weighted by Gasteiger charge is -2.42. The molecule has 5 heteroatoms. The van der Waals surface area contributed by atoms with E-state index in [-0.39, 0.29) is 11.8 Å². The molecule has 0 aromatic heterocycles. The van der Waals surface area contributed by atoms with Crippen molar-refractivity contribution in [3.05, 3.63) is 0 Å². The van der Waals surface area contributed by atoms with Crippen LogP contribution in [0.2, 0.25) is 16.6 Å². The highest BCUT2D eigenvalue weighted by Gasteiger charge is 2.45. The lowest BCUT2D eigenvalue weighted by Crippen LogP contribution is -2.49. The maximum absolute atomic E-state index is 11.2. The Morgan fingerprint density at radius 1 is 1.20 bits per heavy atom. The number of carbonyl (C=O) groups is 1. The molecule has 1 saturated heterocycles. The van der Waals surface area contributed by atoms with E-state index in [1.165, 1.54) is 0 Å². The summed E-state index contributed by atoms with van der Waals surface area (Å²) >= 11 is 0. The maximum Gasteiger partial charge on any atom is 0.220 e. The van der Waals surface area contributed by atoms with Gasteiger partial charge >= 0.3 is 0 Å². The van der Waals surface area contributed by atoms with Crippen LogP contribution in [0.5, 0.6) is 0 Å². The van der Waals surface area contributed by atoms with Gasteiger partial charge < -0.3 is 14.8 Å². The summed E-state index contributed by atoms with van der Waals surface area (Å²) in [5.41, 5.74) is 1.54. The third kappa shape index (κ3) is 3.62. The molecule has 1 aliphatic rings. The largest absolute Gasteiger partial charge is 0.413 e. The molecule has 0 aromatic rings.